The van der Waals surface area contributed by atoms with E-state index in [-0.39, 0.29) is 21.7 Å². The first-order chi connectivity index (χ1) is 8.97. The maximum Gasteiger partial charge on any atom is 0.310 e. The van der Waals surface area contributed by atoms with E-state index in [1.54, 1.807) is 0 Å². The van der Waals surface area contributed by atoms with Gasteiger partial charge in [0, 0.05) is 5.41 Å². The molecule has 1 aliphatic carbocycles. The molecule has 0 spiro atoms. The highest BCUT2D eigenvalue weighted by molar-refractivity contribution is 5.78. The highest BCUT2D eigenvalue weighted by Gasteiger charge is 2.67. The molecular weight excluding hydrogens is 260 g/mol. The van der Waals surface area contributed by atoms with Gasteiger partial charge in [-0.15, -0.1) is 0 Å². The monoisotopic (exact) mass is 294 g/mol. The van der Waals surface area contributed by atoms with Crippen LogP contribution in [-0.2, 0) is 4.79 Å². The summed E-state index contributed by atoms with van der Waals surface area (Å²) in [7, 11) is 0. The number of allylic oxidation sites excluding steroid dienone is 2. The molecule has 0 fully saturated rings. The molecule has 1 N–H and O–H groups in total. The van der Waals surface area contributed by atoms with Crippen molar-refractivity contribution in [1.82, 2.24) is 0 Å². The van der Waals surface area contributed by atoms with Gasteiger partial charge in [0.2, 0.25) is 0 Å². The fraction of sp³-hybridized carbons (Fsp3) is 0.842. The van der Waals surface area contributed by atoms with Gasteiger partial charge in [-0.2, -0.15) is 0 Å². The molecule has 2 nitrogen and oxygen atoms in total. The first-order valence-corrected chi connectivity index (χ1v) is 7.93. The summed E-state index contributed by atoms with van der Waals surface area (Å²) in [6, 6.07) is 0. The molecule has 0 bridgehead atoms. The zero-order valence-electron chi connectivity index (χ0n) is 15.9. The predicted octanol–water partition coefficient (Wildman–Crippen LogP) is 5.53. The van der Waals surface area contributed by atoms with Gasteiger partial charge in [-0.05, 0) is 30.1 Å². The van der Waals surface area contributed by atoms with Crippen LogP contribution in [0.2, 0.25) is 0 Å². The second-order valence-electron chi connectivity index (χ2n) is 9.56. The van der Waals surface area contributed by atoms with Crippen LogP contribution in [0.4, 0.5) is 0 Å². The quantitative estimate of drug-likeness (QED) is 0.645. The van der Waals surface area contributed by atoms with Crippen LogP contribution in [0.3, 0.4) is 0 Å². The first kappa shape index (κ1) is 18.3. The Hall–Kier alpha value is -0.790. The van der Waals surface area contributed by atoms with Gasteiger partial charge < -0.3 is 5.11 Å². The van der Waals surface area contributed by atoms with Gasteiger partial charge in [0.15, 0.2) is 0 Å². The van der Waals surface area contributed by atoms with E-state index >= 15 is 0 Å². The molecule has 1 atom stereocenters. The third-order valence-electron chi connectivity index (χ3n) is 7.18. The fourth-order valence-electron chi connectivity index (χ4n) is 4.91. The normalized spacial score (nSPS) is 31.2. The lowest BCUT2D eigenvalue weighted by atomic mass is 9.38. The van der Waals surface area contributed by atoms with Gasteiger partial charge in [-0.3, -0.25) is 4.79 Å². The minimum absolute atomic E-state index is 0.0297. The van der Waals surface area contributed by atoms with Gasteiger partial charge >= 0.3 is 5.97 Å². The molecular formula is C19H34O2. The molecule has 0 amide bonds. The summed E-state index contributed by atoms with van der Waals surface area (Å²) in [5.41, 5.74) is 0.924. The Morgan fingerprint density at radius 3 is 1.57 bits per heavy atom. The van der Waals surface area contributed by atoms with Crippen LogP contribution in [0.1, 0.15) is 76.2 Å². The van der Waals surface area contributed by atoms with Crippen LogP contribution >= 0.6 is 0 Å². The van der Waals surface area contributed by atoms with Crippen molar-refractivity contribution in [3.63, 3.8) is 0 Å². The Bertz CT molecular complexity index is 498. The van der Waals surface area contributed by atoms with Gasteiger partial charge in [0.05, 0.1) is 5.41 Å². The van der Waals surface area contributed by atoms with Crippen LogP contribution in [0.15, 0.2) is 11.1 Å². The van der Waals surface area contributed by atoms with Crippen LogP contribution in [-0.4, -0.2) is 11.1 Å². The zero-order chi connectivity index (χ0) is 17.2. The second-order valence-corrected chi connectivity index (χ2v) is 9.56. The topological polar surface area (TPSA) is 37.3 Å². The molecule has 2 heteroatoms. The Morgan fingerprint density at radius 1 is 0.905 bits per heavy atom. The lowest BCUT2D eigenvalue weighted by Gasteiger charge is -2.65. The summed E-state index contributed by atoms with van der Waals surface area (Å²) in [4.78, 5) is 12.3. The number of hydrogen-bond donors (Lipinski definition) is 1. The summed E-state index contributed by atoms with van der Waals surface area (Å²) in [6.07, 6.45) is 0. The standard InChI is InChI=1S/C19H34O2/c1-12-13(15(2,3)4)17(7,8)18(9,10)19(11,14(20)21)16(12,5)6/h1-11H3,(H,20,21)/t19-/m0/s1. The fourth-order valence-corrected chi connectivity index (χ4v) is 4.91. The van der Waals surface area contributed by atoms with Crippen LogP contribution in [0, 0.1) is 27.1 Å². The van der Waals surface area contributed by atoms with E-state index in [0.717, 1.165) is 0 Å². The summed E-state index contributed by atoms with van der Waals surface area (Å²) < 4.78 is 0. The molecule has 0 heterocycles. The average molecular weight is 294 g/mol. The van der Waals surface area contributed by atoms with Gasteiger partial charge in [0.25, 0.3) is 0 Å². The van der Waals surface area contributed by atoms with E-state index < -0.39 is 11.4 Å². The van der Waals surface area contributed by atoms with Crippen LogP contribution in [0.25, 0.3) is 0 Å². The number of aliphatic carboxylic acids is 1. The zero-order valence-corrected chi connectivity index (χ0v) is 15.9. The molecule has 0 saturated carbocycles. The molecule has 0 aromatic heterocycles. The molecule has 0 aliphatic heterocycles. The van der Waals surface area contributed by atoms with E-state index in [1.807, 2.05) is 6.92 Å². The van der Waals surface area contributed by atoms with E-state index in [9.17, 15) is 9.90 Å². The Morgan fingerprint density at radius 2 is 1.29 bits per heavy atom. The molecule has 0 aromatic carbocycles. The molecule has 0 saturated heterocycles. The summed E-state index contributed by atoms with van der Waals surface area (Å²) in [5.74, 6) is -0.696. The van der Waals surface area contributed by atoms with E-state index in [1.165, 1.54) is 11.1 Å². The third kappa shape index (κ3) is 1.94. The van der Waals surface area contributed by atoms with Gasteiger partial charge in [-0.25, -0.2) is 0 Å². The van der Waals surface area contributed by atoms with E-state index in [4.69, 9.17) is 0 Å². The molecule has 21 heavy (non-hydrogen) atoms. The number of carboxylic acid groups (broad SMARTS) is 1. The highest BCUT2D eigenvalue weighted by Crippen LogP contribution is 2.70. The van der Waals surface area contributed by atoms with Crippen LogP contribution in [0.5, 0.6) is 0 Å². The Labute approximate surface area is 131 Å². The second kappa shape index (κ2) is 4.36. The minimum atomic E-state index is -0.817. The first-order valence-electron chi connectivity index (χ1n) is 7.93. The van der Waals surface area contributed by atoms with Crippen molar-refractivity contribution < 1.29 is 9.90 Å². The number of hydrogen-bond acceptors (Lipinski definition) is 1. The van der Waals surface area contributed by atoms with Crippen molar-refractivity contribution in [3.8, 4) is 0 Å². The molecule has 122 valence electrons. The summed E-state index contributed by atoms with van der Waals surface area (Å²) in [6.45, 7) is 23.7. The largest absolute Gasteiger partial charge is 0.481 e. The highest BCUT2D eigenvalue weighted by atomic mass is 16.4. The SMILES string of the molecule is CC1=C(C(C)(C)C)C(C)(C)C(C)(C)[C@@](C)(C(=O)O)C1(C)C. The molecule has 0 aromatic rings. The van der Waals surface area contributed by atoms with E-state index in [0.29, 0.717) is 0 Å². The summed E-state index contributed by atoms with van der Waals surface area (Å²) >= 11 is 0. The molecule has 0 unspecified atom stereocenters. The van der Waals surface area contributed by atoms with Gasteiger partial charge in [0.1, 0.15) is 0 Å². The minimum Gasteiger partial charge on any atom is -0.481 e. The van der Waals surface area contributed by atoms with Crippen molar-refractivity contribution in [2.75, 3.05) is 0 Å². The Balaban J connectivity index is 3.96. The maximum atomic E-state index is 12.3. The third-order valence-corrected chi connectivity index (χ3v) is 7.18. The lowest BCUT2D eigenvalue weighted by molar-refractivity contribution is -0.179. The van der Waals surface area contributed by atoms with Crippen LogP contribution < -0.4 is 0 Å². The summed E-state index contributed by atoms with van der Waals surface area (Å²) in [5, 5.41) is 10.1. The molecule has 1 aliphatic rings. The predicted molar refractivity (Wildman–Crippen MR) is 89.2 cm³/mol. The molecule has 0 radical (unpaired) electrons. The number of rotatable bonds is 1. The van der Waals surface area contributed by atoms with Crippen molar-refractivity contribution in [2.24, 2.45) is 27.1 Å². The molecule has 1 rings (SSSR count). The lowest BCUT2D eigenvalue weighted by Crippen LogP contribution is -2.63. The smallest absolute Gasteiger partial charge is 0.310 e. The van der Waals surface area contributed by atoms with E-state index in [2.05, 4.69) is 69.2 Å². The Kier molecular flexibility index (Phi) is 3.79. The van der Waals surface area contributed by atoms with Crippen molar-refractivity contribution >= 4 is 5.97 Å². The maximum absolute atomic E-state index is 12.3. The average Bonchev–Trinajstić information content (AvgIpc) is 2.22. The number of carbonyl (C=O) groups is 1. The van der Waals surface area contributed by atoms with Crippen molar-refractivity contribution in [3.05, 3.63) is 11.1 Å². The van der Waals surface area contributed by atoms with Crippen molar-refractivity contribution in [1.29, 1.82) is 0 Å². The van der Waals surface area contributed by atoms with Gasteiger partial charge in [-0.1, -0.05) is 73.5 Å². The number of carboxylic acids is 1. The van der Waals surface area contributed by atoms with Crippen molar-refractivity contribution in [2.45, 2.75) is 76.2 Å².